The number of nitrogens with zero attached hydrogens (tertiary/aromatic N) is 1. The molecule has 26 heavy (non-hydrogen) atoms. The zero-order chi connectivity index (χ0) is 18.4. The van der Waals surface area contributed by atoms with Crippen LogP contribution in [0.5, 0.6) is 17.2 Å². The van der Waals surface area contributed by atoms with E-state index in [1.54, 1.807) is 20.3 Å². The molecule has 1 fully saturated rings. The van der Waals surface area contributed by atoms with Crippen molar-refractivity contribution in [3.63, 3.8) is 0 Å². The van der Waals surface area contributed by atoms with Crippen molar-refractivity contribution in [1.82, 2.24) is 4.90 Å². The van der Waals surface area contributed by atoms with Crippen LogP contribution in [0.25, 0.3) is 0 Å². The zero-order valence-corrected chi connectivity index (χ0v) is 15.5. The van der Waals surface area contributed by atoms with Gasteiger partial charge >= 0.3 is 0 Å². The van der Waals surface area contributed by atoms with Gasteiger partial charge in [-0.05, 0) is 36.6 Å². The number of hydrogen-bond donors (Lipinski definition) is 1. The highest BCUT2D eigenvalue weighted by Crippen LogP contribution is 2.32. The summed E-state index contributed by atoms with van der Waals surface area (Å²) in [5.41, 5.74) is 2.15. The smallest absolute Gasteiger partial charge is 0.165 e. The van der Waals surface area contributed by atoms with Gasteiger partial charge in [-0.2, -0.15) is 0 Å². The van der Waals surface area contributed by atoms with E-state index >= 15 is 0 Å². The van der Waals surface area contributed by atoms with Crippen molar-refractivity contribution in [2.24, 2.45) is 0 Å². The first kappa shape index (κ1) is 18.5. The van der Waals surface area contributed by atoms with Crippen molar-refractivity contribution < 1.29 is 19.3 Å². The molecule has 1 aliphatic heterocycles. The summed E-state index contributed by atoms with van der Waals surface area (Å²) in [5.74, 6) is 1.79. The third kappa shape index (κ3) is 4.68. The molecule has 0 saturated carbocycles. The van der Waals surface area contributed by atoms with Crippen LogP contribution in [-0.4, -0.2) is 43.5 Å². The minimum absolute atomic E-state index is 0.254. The summed E-state index contributed by atoms with van der Waals surface area (Å²) in [7, 11) is 3.32. The van der Waals surface area contributed by atoms with Gasteiger partial charge in [0.25, 0.3) is 0 Å². The van der Waals surface area contributed by atoms with Crippen molar-refractivity contribution in [1.29, 1.82) is 0 Å². The van der Waals surface area contributed by atoms with Gasteiger partial charge in [0, 0.05) is 31.8 Å². The van der Waals surface area contributed by atoms with Crippen molar-refractivity contribution in [3.8, 4) is 17.2 Å². The number of ether oxygens (including phenoxy) is 3. The highest BCUT2D eigenvalue weighted by molar-refractivity contribution is 5.46. The van der Waals surface area contributed by atoms with Crippen LogP contribution in [0, 0.1) is 0 Å². The Bertz CT molecular complexity index is 713. The summed E-state index contributed by atoms with van der Waals surface area (Å²) in [6.45, 7) is 3.13. The van der Waals surface area contributed by atoms with Crippen LogP contribution < -0.4 is 9.47 Å². The summed E-state index contributed by atoms with van der Waals surface area (Å²) in [4.78, 5) is 2.34. The van der Waals surface area contributed by atoms with E-state index in [0.717, 1.165) is 61.7 Å². The van der Waals surface area contributed by atoms with E-state index in [9.17, 15) is 5.11 Å². The van der Waals surface area contributed by atoms with Gasteiger partial charge in [0.05, 0.1) is 20.3 Å². The van der Waals surface area contributed by atoms with Crippen LogP contribution >= 0.6 is 0 Å². The monoisotopic (exact) mass is 357 g/mol. The molecule has 2 aromatic carbocycles. The summed E-state index contributed by atoms with van der Waals surface area (Å²) in [6.07, 6.45) is 2.46. The maximum atomic E-state index is 9.77. The first-order valence-electron chi connectivity index (χ1n) is 9.01. The van der Waals surface area contributed by atoms with E-state index < -0.39 is 0 Å². The van der Waals surface area contributed by atoms with Crippen molar-refractivity contribution >= 4 is 0 Å². The van der Waals surface area contributed by atoms with Gasteiger partial charge in [-0.3, -0.25) is 4.90 Å². The lowest BCUT2D eigenvalue weighted by Gasteiger charge is -2.26. The molecule has 0 radical (unpaired) electrons. The molecule has 1 atom stereocenters. The first-order chi connectivity index (χ1) is 12.7. The Labute approximate surface area is 155 Å². The van der Waals surface area contributed by atoms with Gasteiger partial charge in [0.2, 0.25) is 0 Å². The van der Waals surface area contributed by atoms with E-state index in [2.05, 4.69) is 11.0 Å². The third-order valence-electron chi connectivity index (χ3n) is 4.68. The van der Waals surface area contributed by atoms with Gasteiger partial charge in [-0.25, -0.2) is 0 Å². The molecule has 3 rings (SSSR count). The summed E-state index contributed by atoms with van der Waals surface area (Å²) in [6, 6.07) is 13.4. The highest BCUT2D eigenvalue weighted by Gasteiger charge is 2.21. The van der Waals surface area contributed by atoms with Gasteiger partial charge in [-0.15, -0.1) is 0 Å². The third-order valence-corrected chi connectivity index (χ3v) is 4.68. The van der Waals surface area contributed by atoms with E-state index in [4.69, 9.17) is 14.2 Å². The van der Waals surface area contributed by atoms with Crippen LogP contribution in [0.2, 0.25) is 0 Å². The summed E-state index contributed by atoms with van der Waals surface area (Å²) in [5, 5.41) is 9.77. The molecule has 1 N–H and O–H groups in total. The van der Waals surface area contributed by atoms with Crippen molar-refractivity contribution in [2.75, 3.05) is 27.4 Å². The Morgan fingerprint density at radius 2 is 1.96 bits per heavy atom. The van der Waals surface area contributed by atoms with Crippen LogP contribution in [0.15, 0.2) is 42.5 Å². The fraction of sp³-hybridized carbons (Fsp3) is 0.429. The minimum Gasteiger partial charge on any atom is -0.508 e. The van der Waals surface area contributed by atoms with E-state index in [-0.39, 0.29) is 6.10 Å². The fourth-order valence-corrected chi connectivity index (χ4v) is 3.49. The molecule has 140 valence electrons. The molecule has 1 unspecified atom stereocenters. The van der Waals surface area contributed by atoms with E-state index in [0.29, 0.717) is 5.75 Å². The Balaban J connectivity index is 1.80. The largest absolute Gasteiger partial charge is 0.508 e. The molecule has 1 saturated heterocycles. The maximum Gasteiger partial charge on any atom is 0.165 e. The Morgan fingerprint density at radius 3 is 2.65 bits per heavy atom. The molecular weight excluding hydrogens is 330 g/mol. The SMILES string of the molecule is COc1cccc(CN(Cc2cccc(O)c2)CC2CCCO2)c1OC. The predicted octanol–water partition coefficient (Wildman–Crippen LogP) is 3.59. The van der Waals surface area contributed by atoms with E-state index in [1.807, 2.05) is 30.3 Å². The first-order valence-corrected chi connectivity index (χ1v) is 9.01. The Hall–Kier alpha value is -2.24. The molecule has 0 spiro atoms. The number of aromatic hydroxyl groups is 1. The molecule has 0 aromatic heterocycles. The lowest BCUT2D eigenvalue weighted by molar-refractivity contribution is 0.0676. The second-order valence-corrected chi connectivity index (χ2v) is 6.63. The predicted molar refractivity (Wildman–Crippen MR) is 101 cm³/mol. The normalized spacial score (nSPS) is 16.8. The quantitative estimate of drug-likeness (QED) is 0.782. The van der Waals surface area contributed by atoms with Crippen LogP contribution in [0.1, 0.15) is 24.0 Å². The van der Waals surface area contributed by atoms with Crippen LogP contribution in [-0.2, 0) is 17.8 Å². The fourth-order valence-electron chi connectivity index (χ4n) is 3.49. The van der Waals surface area contributed by atoms with Crippen molar-refractivity contribution in [3.05, 3.63) is 53.6 Å². The molecule has 0 aliphatic carbocycles. The van der Waals surface area contributed by atoms with Gasteiger partial charge < -0.3 is 19.3 Å². The molecule has 5 heteroatoms. The highest BCUT2D eigenvalue weighted by atomic mass is 16.5. The number of hydrogen-bond acceptors (Lipinski definition) is 5. The lowest BCUT2D eigenvalue weighted by Crippen LogP contribution is -2.31. The second kappa shape index (κ2) is 8.92. The Morgan fingerprint density at radius 1 is 1.12 bits per heavy atom. The van der Waals surface area contributed by atoms with Crippen molar-refractivity contribution in [2.45, 2.75) is 32.0 Å². The molecule has 1 aliphatic rings. The Kier molecular flexibility index (Phi) is 6.36. The van der Waals surface area contributed by atoms with Crippen LogP contribution in [0.3, 0.4) is 0 Å². The van der Waals surface area contributed by atoms with Gasteiger partial charge in [-0.1, -0.05) is 24.3 Å². The number of para-hydroxylation sites is 1. The number of methoxy groups -OCH3 is 2. The van der Waals surface area contributed by atoms with Gasteiger partial charge in [0.15, 0.2) is 11.5 Å². The molecule has 2 aromatic rings. The lowest BCUT2D eigenvalue weighted by atomic mass is 10.1. The number of phenols is 1. The standard InChI is InChI=1S/C21H27NO4/c1-24-20-10-4-7-17(21(20)25-2)14-22(15-19-9-5-11-26-19)13-16-6-3-8-18(23)12-16/h3-4,6-8,10,12,19,23H,5,9,11,13-15H2,1-2H3. The zero-order valence-electron chi connectivity index (χ0n) is 15.5. The molecule has 1 heterocycles. The average Bonchev–Trinajstić information content (AvgIpc) is 3.14. The molecule has 0 bridgehead atoms. The number of benzene rings is 2. The minimum atomic E-state index is 0.254. The van der Waals surface area contributed by atoms with E-state index in [1.165, 1.54) is 0 Å². The van der Waals surface area contributed by atoms with Crippen LogP contribution in [0.4, 0.5) is 0 Å². The summed E-state index contributed by atoms with van der Waals surface area (Å²) >= 11 is 0. The number of rotatable bonds is 8. The van der Waals surface area contributed by atoms with Gasteiger partial charge in [0.1, 0.15) is 5.75 Å². The second-order valence-electron chi connectivity index (χ2n) is 6.63. The molecule has 0 amide bonds. The molecular formula is C21H27NO4. The summed E-state index contributed by atoms with van der Waals surface area (Å²) < 4.78 is 16.8. The average molecular weight is 357 g/mol. The topological polar surface area (TPSA) is 51.2 Å². The maximum absolute atomic E-state index is 9.77. The molecule has 5 nitrogen and oxygen atoms in total. The number of phenolic OH excluding ortho intramolecular Hbond substituents is 1.